The molecule has 0 saturated carbocycles. The second-order valence-corrected chi connectivity index (χ2v) is 31.8. The highest BCUT2D eigenvalue weighted by Gasteiger charge is 2.52. The third-order valence-electron chi connectivity index (χ3n) is 9.58. The molecule has 0 aliphatic heterocycles. The molecular weight excluding hydrogens is 829 g/mol. The van der Waals surface area contributed by atoms with Crippen LogP contribution in [0.15, 0.2) is 182 Å². The Balaban J connectivity index is 1.48. The molecular formula is C42H52O8Si7. The number of hydrogen-bond acceptors (Lipinski definition) is 8. The summed E-state index contributed by atoms with van der Waals surface area (Å²) in [5.74, 6) is 0. The molecule has 0 spiro atoms. The largest absolute Gasteiger partial charge is 0.411 e. The first kappa shape index (κ1) is 43.1. The molecule has 0 fully saturated rings. The molecule has 6 aromatic rings. The Morgan fingerprint density at radius 1 is 0.263 bits per heavy atom. The van der Waals surface area contributed by atoms with E-state index in [1.807, 2.05) is 122 Å². The van der Waals surface area contributed by atoms with Gasteiger partial charge in [-0.3, -0.25) is 0 Å². The van der Waals surface area contributed by atoms with Crippen molar-refractivity contribution >= 4 is 93.9 Å². The molecule has 0 N–H and O–H groups in total. The summed E-state index contributed by atoms with van der Waals surface area (Å²) in [6.07, 6.45) is 0. The Bertz CT molecular complexity index is 1830. The predicted octanol–water partition coefficient (Wildman–Crippen LogP) is 3.55. The molecule has 0 bridgehead atoms. The molecule has 0 radical (unpaired) electrons. The van der Waals surface area contributed by atoms with Crippen LogP contribution in [-0.4, -0.2) is 77.0 Å². The highest BCUT2D eigenvalue weighted by atomic mass is 28.5. The maximum absolute atomic E-state index is 7.60. The Morgan fingerprint density at radius 3 is 0.579 bits per heavy atom. The number of hydrogen-bond donors (Lipinski definition) is 0. The predicted molar refractivity (Wildman–Crippen MR) is 246 cm³/mol. The van der Waals surface area contributed by atoms with Gasteiger partial charge in [0.15, 0.2) is 0 Å². The van der Waals surface area contributed by atoms with Gasteiger partial charge in [0.1, 0.15) is 0 Å². The number of benzene rings is 6. The van der Waals surface area contributed by atoms with Gasteiger partial charge in [0.05, 0.1) is 0 Å². The molecule has 0 aromatic heterocycles. The van der Waals surface area contributed by atoms with E-state index >= 15 is 0 Å². The summed E-state index contributed by atoms with van der Waals surface area (Å²) >= 11 is 0. The molecule has 296 valence electrons. The highest BCUT2D eigenvalue weighted by Crippen LogP contribution is 2.21. The zero-order chi connectivity index (χ0) is 40.1. The molecule has 0 aliphatic rings. The SMILES string of the molecule is CO[SiH](C)O[Si](O[SiH](C)O[Si](O[SiH](C)O[Si](O[SiH](C)OC)(c1ccccc1)c1ccccc1)(c1ccccc1)c1ccccc1)(c1ccccc1)c1ccccc1. The first-order valence-corrected chi connectivity index (χ1v) is 33.0. The smallest absolute Gasteiger partial charge is 0.389 e. The first-order valence-electron chi connectivity index (χ1n) is 19.2. The van der Waals surface area contributed by atoms with Gasteiger partial charge in [0, 0.05) is 14.2 Å². The van der Waals surface area contributed by atoms with Gasteiger partial charge in [-0.15, -0.1) is 0 Å². The summed E-state index contributed by atoms with van der Waals surface area (Å²) in [5.41, 5.74) is 0. The summed E-state index contributed by atoms with van der Waals surface area (Å²) in [6, 6.07) is 61.7. The van der Waals surface area contributed by atoms with Crippen molar-refractivity contribution in [2.75, 3.05) is 14.2 Å². The van der Waals surface area contributed by atoms with E-state index in [1.165, 1.54) is 0 Å². The van der Waals surface area contributed by atoms with Crippen molar-refractivity contribution in [2.45, 2.75) is 26.2 Å². The Morgan fingerprint density at radius 2 is 0.421 bits per heavy atom. The summed E-state index contributed by atoms with van der Waals surface area (Å²) in [4.78, 5) is 0. The topological polar surface area (TPSA) is 73.8 Å². The second kappa shape index (κ2) is 20.5. The van der Waals surface area contributed by atoms with Crippen molar-refractivity contribution < 1.29 is 33.5 Å². The van der Waals surface area contributed by atoms with Gasteiger partial charge in [0.25, 0.3) is 0 Å². The average molecular weight is 881 g/mol. The zero-order valence-corrected chi connectivity index (χ0v) is 41.0. The van der Waals surface area contributed by atoms with E-state index in [9.17, 15) is 0 Å². The average Bonchev–Trinajstić information content (AvgIpc) is 3.27. The Labute approximate surface area is 348 Å². The summed E-state index contributed by atoms with van der Waals surface area (Å²) in [7, 11) is -16.6. The van der Waals surface area contributed by atoms with Crippen LogP contribution in [-0.2, 0) is 33.5 Å². The molecule has 4 unspecified atom stereocenters. The van der Waals surface area contributed by atoms with Crippen molar-refractivity contribution in [1.29, 1.82) is 0 Å². The molecule has 8 nitrogen and oxygen atoms in total. The van der Waals surface area contributed by atoms with Gasteiger partial charge < -0.3 is 33.5 Å². The molecule has 0 aliphatic carbocycles. The van der Waals surface area contributed by atoms with Gasteiger partial charge >= 0.3 is 62.8 Å². The fraction of sp³-hybridized carbons (Fsp3) is 0.143. The third-order valence-corrected chi connectivity index (χ3v) is 33.4. The summed E-state index contributed by atoms with van der Waals surface area (Å²) in [5, 5.41) is 5.88. The molecule has 0 amide bonds. The van der Waals surface area contributed by atoms with E-state index in [4.69, 9.17) is 33.5 Å². The zero-order valence-electron chi connectivity index (χ0n) is 33.4. The van der Waals surface area contributed by atoms with E-state index in [0.29, 0.717) is 0 Å². The van der Waals surface area contributed by atoms with Crippen LogP contribution in [0.3, 0.4) is 0 Å². The van der Waals surface area contributed by atoms with Crippen LogP contribution in [0, 0.1) is 0 Å². The molecule has 4 atom stereocenters. The van der Waals surface area contributed by atoms with Crippen LogP contribution in [0.1, 0.15) is 0 Å². The van der Waals surface area contributed by atoms with E-state index in [0.717, 1.165) is 31.1 Å². The van der Waals surface area contributed by atoms with Crippen molar-refractivity contribution in [3.63, 3.8) is 0 Å². The van der Waals surface area contributed by atoms with E-state index in [1.54, 1.807) is 14.2 Å². The molecule has 57 heavy (non-hydrogen) atoms. The van der Waals surface area contributed by atoms with Crippen LogP contribution in [0.2, 0.25) is 26.2 Å². The van der Waals surface area contributed by atoms with Crippen LogP contribution < -0.4 is 31.1 Å². The molecule has 0 heterocycles. The van der Waals surface area contributed by atoms with Crippen molar-refractivity contribution in [3.05, 3.63) is 182 Å². The van der Waals surface area contributed by atoms with Crippen LogP contribution in [0.25, 0.3) is 0 Å². The Hall–Kier alpha value is -3.48. The minimum absolute atomic E-state index is 0.960. The van der Waals surface area contributed by atoms with E-state index in [-0.39, 0.29) is 0 Å². The lowest BCUT2D eigenvalue weighted by molar-refractivity contribution is 0.284. The monoisotopic (exact) mass is 880 g/mol. The normalized spacial score (nSPS) is 14.4. The van der Waals surface area contributed by atoms with Crippen molar-refractivity contribution in [1.82, 2.24) is 0 Å². The van der Waals surface area contributed by atoms with Gasteiger partial charge in [-0.1, -0.05) is 182 Å². The minimum Gasteiger partial charge on any atom is -0.411 e. The quantitative estimate of drug-likeness (QED) is 0.108. The Kier molecular flexibility index (Phi) is 15.5. The van der Waals surface area contributed by atoms with Crippen LogP contribution in [0.5, 0.6) is 0 Å². The van der Waals surface area contributed by atoms with Gasteiger partial charge in [-0.05, 0) is 57.3 Å². The maximum Gasteiger partial charge on any atom is 0.389 e. The van der Waals surface area contributed by atoms with E-state index < -0.39 is 62.8 Å². The fourth-order valence-electron chi connectivity index (χ4n) is 6.89. The van der Waals surface area contributed by atoms with Gasteiger partial charge in [-0.2, -0.15) is 0 Å². The number of rotatable bonds is 20. The minimum atomic E-state index is -3.61. The maximum atomic E-state index is 7.60. The molecule has 6 aromatic carbocycles. The fourth-order valence-corrected chi connectivity index (χ4v) is 33.6. The van der Waals surface area contributed by atoms with Gasteiger partial charge in [0.2, 0.25) is 0 Å². The van der Waals surface area contributed by atoms with Crippen LogP contribution >= 0.6 is 0 Å². The third kappa shape index (κ3) is 10.2. The second-order valence-electron chi connectivity index (χ2n) is 13.5. The van der Waals surface area contributed by atoms with Crippen molar-refractivity contribution in [2.24, 2.45) is 0 Å². The molecule has 6 rings (SSSR count). The standard InChI is InChI=1S/C42H52O8Si7/c1-43-51(3)45-55(37-25-13-7-14-26-37,38-27-15-8-16-28-38)47-53(5)49-57(41-33-21-11-22-34-41,42-35-23-12-24-36-42)50-54(6)48-56(46-52(4)44-2,39-29-17-9-18-30-39)40-31-19-10-20-32-40/h7-36,51-54H,1-6H3. The highest BCUT2D eigenvalue weighted by molar-refractivity contribution is 7.03. The summed E-state index contributed by atoms with van der Waals surface area (Å²) < 4.78 is 56.0. The first-order chi connectivity index (χ1) is 27.7. The molecule has 15 heteroatoms. The molecule has 0 saturated heterocycles. The lowest BCUT2D eigenvalue weighted by atomic mass is 10.4. The lowest BCUT2D eigenvalue weighted by Crippen LogP contribution is -2.72. The lowest BCUT2D eigenvalue weighted by Gasteiger charge is -2.41. The van der Waals surface area contributed by atoms with Crippen molar-refractivity contribution in [3.8, 4) is 0 Å². The van der Waals surface area contributed by atoms with Crippen LogP contribution in [0.4, 0.5) is 0 Å². The van der Waals surface area contributed by atoms with E-state index in [2.05, 4.69) is 85.9 Å². The summed E-state index contributed by atoms with van der Waals surface area (Å²) in [6.45, 7) is 8.25. The van der Waals surface area contributed by atoms with Gasteiger partial charge in [-0.25, -0.2) is 0 Å².